The second-order valence-corrected chi connectivity index (χ2v) is 34.1. The number of phenolic OH excluding ortho intramolecular Hbond substituents is 4. The Bertz CT molecular complexity index is 6440. The monoisotopic (exact) mass is 1960 g/mol. The molecule has 5 heterocycles. The van der Waals surface area contributed by atoms with Crippen molar-refractivity contribution in [2.75, 3.05) is 27.3 Å². The van der Waals surface area contributed by atoms with Crippen LogP contribution in [0.3, 0.4) is 0 Å². The highest BCUT2D eigenvalue weighted by Gasteiger charge is 2.35. The van der Waals surface area contributed by atoms with Gasteiger partial charge in [0, 0.05) is 92.3 Å². The maximum absolute atomic E-state index is 14.8. The van der Waals surface area contributed by atoms with Gasteiger partial charge in [-0.25, -0.2) is 29.1 Å². The molecule has 0 fully saturated rings. The molecule has 13 rings (SSSR count). The molecule has 2 aliphatic rings. The second-order valence-electron chi connectivity index (χ2n) is 34.1. The molecule has 3 aromatic heterocycles. The summed E-state index contributed by atoms with van der Waals surface area (Å²) in [5, 5.41) is 101. The number of unbranched alkanes of at least 4 members (excludes halogenated alkanes) is 2. The van der Waals surface area contributed by atoms with Crippen molar-refractivity contribution >= 4 is 129 Å². The number of benzene rings is 8. The van der Waals surface area contributed by atoms with E-state index in [1.54, 1.807) is 121 Å². The molecule has 2 aliphatic heterocycles. The molecule has 8 amide bonds. The van der Waals surface area contributed by atoms with Gasteiger partial charge in [-0.05, 0) is 242 Å². The minimum absolute atomic E-state index is 0.0231. The summed E-state index contributed by atoms with van der Waals surface area (Å²) in [6.07, 6.45) is 6.59. The minimum Gasteiger partial charge on any atom is -0.508 e. The van der Waals surface area contributed by atoms with Gasteiger partial charge in [0.15, 0.2) is 0 Å². The number of amides is 8. The van der Waals surface area contributed by atoms with E-state index in [2.05, 4.69) is 52.5 Å². The van der Waals surface area contributed by atoms with Gasteiger partial charge < -0.3 is 114 Å². The summed E-state index contributed by atoms with van der Waals surface area (Å²) in [4.78, 5) is 209. The Morgan fingerprint density at radius 3 is 0.715 bits per heavy atom. The smallest absolute Gasteiger partial charge is 0.328 e. The number of carbonyl (C=O) groups excluding carboxylic acids is 10. The number of aromatic amines is 2. The molecule has 8 atom stereocenters. The zero-order valence-corrected chi connectivity index (χ0v) is 77.8. The number of fused-ring (bicyclic) bond motifs is 8. The molecule has 0 unspecified atom stereocenters. The van der Waals surface area contributed by atoms with Gasteiger partial charge in [0.25, 0.3) is 23.6 Å². The van der Waals surface area contributed by atoms with Crippen LogP contribution in [0.25, 0.3) is 90.9 Å². The molecule has 8 bridgehead atoms. The fourth-order valence-corrected chi connectivity index (χ4v) is 16.5. The molecule has 0 spiro atoms. The first kappa shape index (κ1) is 103. The van der Waals surface area contributed by atoms with Crippen LogP contribution in [-0.4, -0.2) is 220 Å². The largest absolute Gasteiger partial charge is 0.508 e. The molecule has 0 radical (unpaired) electrons. The van der Waals surface area contributed by atoms with Gasteiger partial charge in [-0.2, -0.15) is 0 Å². The van der Waals surface area contributed by atoms with Gasteiger partial charge in [0.05, 0.1) is 49.8 Å². The number of nitrogens with zero attached hydrogens (tertiary/aromatic N) is 2. The molecular weight excluding hydrogens is 1850 g/mol. The fraction of sp³-hybridized carbons (Fsp3) is 0.226. The lowest BCUT2D eigenvalue weighted by atomic mass is 10.0. The molecule has 11 aromatic rings. The molecule has 38 heteroatoms. The first-order valence-electron chi connectivity index (χ1n) is 45.8. The molecule has 742 valence electrons. The van der Waals surface area contributed by atoms with Crippen molar-refractivity contribution in [1.29, 1.82) is 0 Å². The number of hydrogen-bond acceptors (Lipinski definition) is 24. The number of ether oxygens (including phenoxy) is 2. The van der Waals surface area contributed by atoms with Gasteiger partial charge >= 0.3 is 35.8 Å². The molecule has 0 saturated carbocycles. The summed E-state index contributed by atoms with van der Waals surface area (Å²) < 4.78 is 10.1. The lowest BCUT2D eigenvalue weighted by molar-refractivity contribution is -0.147. The molecule has 38 nitrogen and oxygen atoms in total. The van der Waals surface area contributed by atoms with Crippen LogP contribution in [0.2, 0.25) is 0 Å². The first-order valence-corrected chi connectivity index (χ1v) is 45.8. The number of H-pyrrole nitrogens is 2. The average molecular weight is 1960 g/mol. The van der Waals surface area contributed by atoms with Crippen molar-refractivity contribution in [3.63, 3.8) is 0 Å². The Morgan fingerprint density at radius 2 is 0.514 bits per heavy atom. The minimum atomic E-state index is -1.90. The second kappa shape index (κ2) is 48.1. The van der Waals surface area contributed by atoms with Crippen LogP contribution >= 0.6 is 0 Å². The van der Waals surface area contributed by atoms with Gasteiger partial charge in [-0.1, -0.05) is 97.1 Å². The molecule has 0 saturated heterocycles. The van der Waals surface area contributed by atoms with Crippen molar-refractivity contribution in [1.82, 2.24) is 62.5 Å². The first-order chi connectivity index (χ1) is 69.2. The number of carbonyl (C=O) groups is 14. The van der Waals surface area contributed by atoms with E-state index in [4.69, 9.17) is 30.9 Å². The van der Waals surface area contributed by atoms with E-state index in [0.29, 0.717) is 150 Å². The Labute approximate surface area is 822 Å². The number of aromatic hydroxyl groups is 4. The maximum Gasteiger partial charge on any atom is 0.328 e. The predicted molar refractivity (Wildman–Crippen MR) is 530 cm³/mol. The van der Waals surface area contributed by atoms with Crippen molar-refractivity contribution in [3.05, 3.63) is 286 Å². The van der Waals surface area contributed by atoms with E-state index in [1.165, 1.54) is 136 Å². The van der Waals surface area contributed by atoms with E-state index in [-0.39, 0.29) is 83.8 Å². The van der Waals surface area contributed by atoms with Crippen LogP contribution in [-0.2, 0) is 83.1 Å². The number of aromatic nitrogens is 4. The quantitative estimate of drug-likeness (QED) is 0.0125. The number of hydrogen-bond donors (Lipinski definition) is 20. The highest BCUT2D eigenvalue weighted by Crippen LogP contribution is 2.40. The number of aliphatic carboxylic acids is 4. The highest BCUT2D eigenvalue weighted by atomic mass is 16.5. The van der Waals surface area contributed by atoms with Crippen LogP contribution in [0.5, 0.6) is 23.0 Å². The van der Waals surface area contributed by atoms with Gasteiger partial charge in [0.2, 0.25) is 23.6 Å². The van der Waals surface area contributed by atoms with Crippen LogP contribution in [0.15, 0.2) is 218 Å². The molecule has 144 heavy (non-hydrogen) atoms. The van der Waals surface area contributed by atoms with Gasteiger partial charge in [-0.15, -0.1) is 0 Å². The number of carboxylic acids is 4. The Morgan fingerprint density at radius 1 is 0.292 bits per heavy atom. The molecular formula is C106H104N14O24. The summed E-state index contributed by atoms with van der Waals surface area (Å²) in [7, 11) is 2.37. The fourth-order valence-electron chi connectivity index (χ4n) is 16.5. The summed E-state index contributed by atoms with van der Waals surface area (Å²) in [6.45, 7) is 0.646. The number of methoxy groups -OCH3 is 2. The third-order valence-corrected chi connectivity index (χ3v) is 24.0. The lowest BCUT2D eigenvalue weighted by Crippen LogP contribution is -2.53. The lowest BCUT2D eigenvalue weighted by Gasteiger charge is -2.22. The van der Waals surface area contributed by atoms with Crippen molar-refractivity contribution in [2.45, 2.75) is 125 Å². The zero-order chi connectivity index (χ0) is 103. The number of phenols is 4. The third kappa shape index (κ3) is 26.9. The van der Waals surface area contributed by atoms with Gasteiger partial charge in [0.1, 0.15) is 71.3 Å². The predicted octanol–water partition coefficient (Wildman–Crippen LogP) is 9.17. The number of nitrogens with two attached hydrogens (primary N) is 2. The normalized spacial score (nSPS) is 13.0. The Balaban J connectivity index is 0.978. The summed E-state index contributed by atoms with van der Waals surface area (Å²) >= 11 is 0. The number of esters is 2. The van der Waals surface area contributed by atoms with Crippen LogP contribution in [0.1, 0.15) is 138 Å². The standard InChI is InChI=1S/C106H104N14O24/c1-143-105(141)81(7-3-5-49-107)113-99(133)83(51-57-9-33-69(121)34-10-57)115-95(129)65-25-17-61(18-26-65)91-73-41-42-74(109-73)92(62-19-27-66(28-20-62)96(130)116-84(52-58-11-35-70(122)36-12-58)100(134)114-82(106(142)144-2)8-4-6-50-108)76-44-46-78(111-76)94(64-23-31-68(32-24-64)98(132)118-86(54-60-15-39-72(124)40-16-60)102(136)120-88(104(139)140)56-90(127)128)80-48-47-79(112-80)93(77-45-43-75(91)110-77)63-21-29-67(30-22-63)97(131)117-85(53-59-13-37-71(123)38-14-59)101(135)119-87(103(137)138)55-89(125)126/h9-48,81-88,109,112,121-124H,3-8,49-56,107-108H2,1-2H3,(H,113,133)(H,114,134)(H,115,129)(H,116,130)(H,117,131)(H,118,132)(H,119,135)(H,120,136)(H,125,126)(H,127,128)(H,137,138)(H,139,140)/t81-,82-,83-,84-,85-,86-,87-,88-/m0/s1. The van der Waals surface area contributed by atoms with E-state index < -0.39 is 144 Å². The van der Waals surface area contributed by atoms with Crippen molar-refractivity contribution in [2.24, 2.45) is 11.5 Å². The third-order valence-electron chi connectivity index (χ3n) is 24.0. The number of nitrogens with one attached hydrogen (secondary N) is 10. The maximum atomic E-state index is 14.8. The zero-order valence-electron chi connectivity index (χ0n) is 77.8. The Hall–Kier alpha value is -17.9. The van der Waals surface area contributed by atoms with Gasteiger partial charge in [-0.3, -0.25) is 47.9 Å². The topological polar surface area (TPSA) is 625 Å². The van der Waals surface area contributed by atoms with E-state index in [9.17, 15) is 108 Å². The SMILES string of the molecule is COC(=O)[C@H](CCCCN)NC(=O)[C@H](Cc1ccc(O)cc1)NC(=O)c1ccc(-c2c3nc(c(-c4ccc(C(=O)N[C@@H](Cc5ccc(O)cc5)C(=O)N[C@@H](CC(=O)O)C(=O)O)cc4)c4ccc([nH]4)c(-c4ccc(C(=O)N[C@@H](Cc5ccc(O)cc5)C(=O)N[C@@H](CC(=O)O)C(=O)O)cc4)c4nc(c(-c5ccc(C(=O)N[C@@H](Cc6ccc(O)cc6)C(=O)N[C@@H](CCCCN)C(=O)OC)cc5)c5ccc2[nH]5)C=C4)C=C3)cc1. The van der Waals surface area contributed by atoms with Crippen molar-refractivity contribution < 1.29 is 117 Å². The van der Waals surface area contributed by atoms with Crippen LogP contribution < -0.4 is 54.0 Å². The van der Waals surface area contributed by atoms with Crippen molar-refractivity contribution in [3.8, 4) is 67.5 Å². The summed E-state index contributed by atoms with van der Waals surface area (Å²) in [6, 6.07) is 43.7. The Kier molecular flexibility index (Phi) is 34.5. The van der Waals surface area contributed by atoms with E-state index in [0.717, 1.165) is 0 Å². The van der Waals surface area contributed by atoms with Crippen LogP contribution in [0, 0.1) is 0 Å². The molecule has 22 N–H and O–H groups in total. The average Bonchev–Trinajstić information content (AvgIpc) is 1.61. The van der Waals surface area contributed by atoms with Crippen LogP contribution in [0.4, 0.5) is 0 Å². The molecule has 0 aliphatic carbocycles. The summed E-state index contributed by atoms with van der Waals surface area (Å²) in [5.41, 5.74) is 19.7. The van der Waals surface area contributed by atoms with E-state index in [1.807, 2.05) is 0 Å². The summed E-state index contributed by atoms with van der Waals surface area (Å²) in [5.74, 6) is -14.8. The molecule has 8 aromatic carbocycles. The number of rotatable bonds is 44. The highest BCUT2D eigenvalue weighted by molar-refractivity contribution is 6.06. The number of carboxylic acid groups (broad SMARTS) is 4. The van der Waals surface area contributed by atoms with E-state index >= 15 is 0 Å².